The molecule has 0 aliphatic rings. The molecule has 0 spiro atoms. The van der Waals surface area contributed by atoms with E-state index < -0.39 is 17.9 Å². The summed E-state index contributed by atoms with van der Waals surface area (Å²) >= 11 is 0. The molecule has 1 aromatic rings. The highest BCUT2D eigenvalue weighted by atomic mass is 16.5. The van der Waals surface area contributed by atoms with Gasteiger partial charge in [-0.05, 0) is 19.4 Å². The van der Waals surface area contributed by atoms with Crippen LogP contribution < -0.4 is 0 Å². The summed E-state index contributed by atoms with van der Waals surface area (Å²) in [6, 6.07) is 2.08. The third-order valence-corrected chi connectivity index (χ3v) is 3.09. The first kappa shape index (κ1) is 15.2. The molecule has 1 aromatic heterocycles. The summed E-state index contributed by atoms with van der Waals surface area (Å²) < 4.78 is 11.0. The van der Waals surface area contributed by atoms with Crippen LogP contribution in [0.1, 0.15) is 32.0 Å². The third-order valence-electron chi connectivity index (χ3n) is 3.09. The van der Waals surface area contributed by atoms with Crippen LogP contribution in [0.4, 0.5) is 0 Å². The molecule has 1 rings (SSSR count). The summed E-state index contributed by atoms with van der Waals surface area (Å²) in [6.07, 6.45) is 2.98. The van der Waals surface area contributed by atoms with Gasteiger partial charge in [0.05, 0.1) is 19.9 Å². The Morgan fingerprint density at radius 3 is 2.37 bits per heavy atom. The van der Waals surface area contributed by atoms with Gasteiger partial charge in [0, 0.05) is 18.7 Å². The Labute approximate surface area is 112 Å². The minimum atomic E-state index is -0.963. The van der Waals surface area contributed by atoms with Gasteiger partial charge in [-0.3, -0.25) is 14.3 Å². The van der Waals surface area contributed by atoms with E-state index >= 15 is 0 Å². The molecule has 106 valence electrons. The Kier molecular flexibility index (Phi) is 5.54. The van der Waals surface area contributed by atoms with Crippen LogP contribution in [0.3, 0.4) is 0 Å². The fraction of sp³-hybridized carbons (Fsp3) is 0.615. The lowest BCUT2D eigenvalue weighted by atomic mass is 10.0. The zero-order valence-corrected chi connectivity index (χ0v) is 11.8. The Balaban J connectivity index is 2.82. The molecular weight excluding hydrogens is 248 g/mol. The molecule has 0 aliphatic carbocycles. The number of ether oxygens (including phenoxy) is 2. The van der Waals surface area contributed by atoms with Crippen molar-refractivity contribution in [1.82, 2.24) is 9.78 Å². The van der Waals surface area contributed by atoms with Crippen LogP contribution >= 0.6 is 0 Å². The molecule has 0 fully saturated rings. The van der Waals surface area contributed by atoms with E-state index in [-0.39, 0.29) is 12.5 Å². The predicted molar refractivity (Wildman–Crippen MR) is 68.5 cm³/mol. The quantitative estimate of drug-likeness (QED) is 0.575. The zero-order valence-electron chi connectivity index (χ0n) is 11.8. The van der Waals surface area contributed by atoms with Crippen molar-refractivity contribution in [3.05, 3.63) is 18.0 Å². The maximum absolute atomic E-state index is 11.6. The maximum Gasteiger partial charge on any atom is 0.320 e. The summed E-state index contributed by atoms with van der Waals surface area (Å²) in [4.78, 5) is 23.1. The number of aromatic nitrogens is 2. The summed E-state index contributed by atoms with van der Waals surface area (Å²) in [7, 11) is 2.49. The number of carbonyl (C=O) groups excluding carboxylic acids is 2. The third kappa shape index (κ3) is 3.81. The average molecular weight is 268 g/mol. The molecule has 0 aromatic carbocycles. The molecule has 1 heterocycles. The van der Waals surface area contributed by atoms with Crippen LogP contribution in [0.15, 0.2) is 12.3 Å². The van der Waals surface area contributed by atoms with E-state index in [0.29, 0.717) is 5.69 Å². The molecule has 0 N–H and O–H groups in total. The van der Waals surface area contributed by atoms with Gasteiger partial charge < -0.3 is 9.47 Å². The van der Waals surface area contributed by atoms with Crippen LogP contribution in [0.5, 0.6) is 0 Å². The van der Waals surface area contributed by atoms with Crippen LogP contribution in [0, 0.1) is 5.92 Å². The molecule has 1 unspecified atom stereocenters. The van der Waals surface area contributed by atoms with Crippen molar-refractivity contribution in [2.75, 3.05) is 14.2 Å². The topological polar surface area (TPSA) is 70.4 Å². The lowest BCUT2D eigenvalue weighted by Crippen LogP contribution is -2.28. The van der Waals surface area contributed by atoms with Crippen molar-refractivity contribution in [3.63, 3.8) is 0 Å². The van der Waals surface area contributed by atoms with Gasteiger partial charge in [-0.25, -0.2) is 0 Å². The van der Waals surface area contributed by atoms with Gasteiger partial charge in [0.2, 0.25) is 0 Å². The molecular formula is C13H20N2O4. The molecule has 6 nitrogen and oxygen atoms in total. The first-order chi connectivity index (χ1) is 9.03. The van der Waals surface area contributed by atoms with Crippen LogP contribution in [0.25, 0.3) is 0 Å². The second-order valence-corrected chi connectivity index (χ2v) is 4.35. The minimum absolute atomic E-state index is 0.183. The number of esters is 2. The Hall–Kier alpha value is -1.85. The van der Waals surface area contributed by atoms with E-state index in [2.05, 4.69) is 28.4 Å². The van der Waals surface area contributed by atoms with Crippen molar-refractivity contribution in [2.24, 2.45) is 5.92 Å². The monoisotopic (exact) mass is 268 g/mol. The van der Waals surface area contributed by atoms with Crippen molar-refractivity contribution in [3.8, 4) is 0 Å². The Bertz CT molecular complexity index is 426. The number of hydrogen-bond acceptors (Lipinski definition) is 5. The van der Waals surface area contributed by atoms with Crippen molar-refractivity contribution < 1.29 is 19.1 Å². The van der Waals surface area contributed by atoms with Crippen LogP contribution in [0.2, 0.25) is 0 Å². The van der Waals surface area contributed by atoms with Gasteiger partial charge in [0.25, 0.3) is 0 Å². The summed E-state index contributed by atoms with van der Waals surface area (Å²) in [5.41, 5.74) is 0.668. The smallest absolute Gasteiger partial charge is 0.320 e. The fourth-order valence-corrected chi connectivity index (χ4v) is 1.68. The molecule has 0 saturated carbocycles. The number of methoxy groups -OCH3 is 2. The van der Waals surface area contributed by atoms with Crippen molar-refractivity contribution in [2.45, 2.75) is 32.7 Å². The summed E-state index contributed by atoms with van der Waals surface area (Å²) in [5.74, 6) is -2.18. The standard InChI is InChI=1S/C13H20N2O4/c1-5-9(2)15-7-6-10(14-15)8-11(12(16)18-3)13(17)19-4/h6-7,9,11H,5,8H2,1-4H3. The van der Waals surface area contributed by atoms with Gasteiger partial charge in [0.15, 0.2) is 5.92 Å². The molecule has 0 aliphatic heterocycles. The van der Waals surface area contributed by atoms with Gasteiger partial charge in [-0.2, -0.15) is 5.10 Å². The van der Waals surface area contributed by atoms with Crippen molar-refractivity contribution >= 4 is 11.9 Å². The van der Waals surface area contributed by atoms with Gasteiger partial charge >= 0.3 is 11.9 Å². The Morgan fingerprint density at radius 1 is 1.32 bits per heavy atom. The average Bonchev–Trinajstić information content (AvgIpc) is 2.90. The van der Waals surface area contributed by atoms with Gasteiger partial charge in [-0.1, -0.05) is 6.92 Å². The number of carbonyl (C=O) groups is 2. The van der Waals surface area contributed by atoms with E-state index in [1.807, 2.05) is 10.9 Å². The van der Waals surface area contributed by atoms with Crippen molar-refractivity contribution in [1.29, 1.82) is 0 Å². The molecule has 0 saturated heterocycles. The van der Waals surface area contributed by atoms with E-state index in [0.717, 1.165) is 6.42 Å². The van der Waals surface area contributed by atoms with Gasteiger partial charge in [0.1, 0.15) is 0 Å². The van der Waals surface area contributed by atoms with E-state index in [4.69, 9.17) is 0 Å². The first-order valence-corrected chi connectivity index (χ1v) is 6.23. The van der Waals surface area contributed by atoms with Crippen LogP contribution in [-0.4, -0.2) is 35.9 Å². The molecule has 0 radical (unpaired) electrons. The molecule has 0 bridgehead atoms. The molecule has 6 heteroatoms. The predicted octanol–water partition coefficient (Wildman–Crippen LogP) is 1.36. The summed E-state index contributed by atoms with van der Waals surface area (Å²) in [5, 5.41) is 4.36. The maximum atomic E-state index is 11.6. The van der Waals surface area contributed by atoms with E-state index in [9.17, 15) is 9.59 Å². The largest absolute Gasteiger partial charge is 0.468 e. The second-order valence-electron chi connectivity index (χ2n) is 4.35. The van der Waals surface area contributed by atoms with Crippen LogP contribution in [-0.2, 0) is 25.5 Å². The number of rotatable bonds is 6. The number of nitrogens with zero attached hydrogens (tertiary/aromatic N) is 2. The minimum Gasteiger partial charge on any atom is -0.468 e. The second kappa shape index (κ2) is 6.92. The summed E-state index contributed by atoms with van der Waals surface area (Å²) in [6.45, 7) is 4.12. The lowest BCUT2D eigenvalue weighted by Gasteiger charge is -2.11. The SMILES string of the molecule is CCC(C)n1ccc(CC(C(=O)OC)C(=O)OC)n1. The Morgan fingerprint density at radius 2 is 1.89 bits per heavy atom. The first-order valence-electron chi connectivity index (χ1n) is 6.23. The zero-order chi connectivity index (χ0) is 14.4. The molecule has 1 atom stereocenters. The highest BCUT2D eigenvalue weighted by molar-refractivity contribution is 5.95. The molecule has 0 amide bonds. The highest BCUT2D eigenvalue weighted by Crippen LogP contribution is 2.14. The normalized spacial score (nSPS) is 12.3. The van der Waals surface area contributed by atoms with E-state index in [1.165, 1.54) is 14.2 Å². The van der Waals surface area contributed by atoms with E-state index in [1.54, 1.807) is 6.07 Å². The fourth-order valence-electron chi connectivity index (χ4n) is 1.68. The highest BCUT2D eigenvalue weighted by Gasteiger charge is 2.29. The van der Waals surface area contributed by atoms with Gasteiger partial charge in [-0.15, -0.1) is 0 Å². The lowest BCUT2D eigenvalue weighted by molar-refractivity contribution is -0.158. The number of hydrogen-bond donors (Lipinski definition) is 0. The molecule has 19 heavy (non-hydrogen) atoms.